The number of hydrogen-bond donors (Lipinski definition) is 2. The summed E-state index contributed by atoms with van der Waals surface area (Å²) in [4.78, 5) is 16.4. The summed E-state index contributed by atoms with van der Waals surface area (Å²) < 4.78 is 13.2. The van der Waals surface area contributed by atoms with Crippen LogP contribution in [-0.2, 0) is 9.63 Å². The Bertz CT molecular complexity index is 369. The maximum Gasteiger partial charge on any atom is 0.240 e. The van der Waals surface area contributed by atoms with Crippen LogP contribution in [0.3, 0.4) is 0 Å². The van der Waals surface area contributed by atoms with E-state index >= 15 is 0 Å². The van der Waals surface area contributed by atoms with Crippen LogP contribution < -0.4 is 10.8 Å². The van der Waals surface area contributed by atoms with E-state index in [0.717, 1.165) is 0 Å². The molecule has 0 aliphatic rings. The lowest BCUT2D eigenvalue weighted by molar-refractivity contribution is -0.118. The van der Waals surface area contributed by atoms with E-state index in [4.69, 9.17) is 4.84 Å². The topological polar surface area (TPSA) is 50.4 Å². The number of carbonyl (C=O) groups excluding carboxylic acids is 1. The molecule has 1 aromatic rings. The molecular weight excluding hydrogens is 223 g/mol. The summed E-state index contributed by atoms with van der Waals surface area (Å²) in [5.41, 5.74) is 2.69. The molecule has 0 spiro atoms. The second-order valence-electron chi connectivity index (χ2n) is 4.05. The normalized spacial score (nSPS) is 10.6. The van der Waals surface area contributed by atoms with Gasteiger partial charge in [0.05, 0.1) is 12.3 Å². The van der Waals surface area contributed by atoms with Crippen LogP contribution in [0.4, 0.5) is 10.1 Å². The van der Waals surface area contributed by atoms with Gasteiger partial charge in [0.25, 0.3) is 0 Å². The van der Waals surface area contributed by atoms with Gasteiger partial charge in [0.15, 0.2) is 0 Å². The fourth-order valence-corrected chi connectivity index (χ4v) is 1.10. The lowest BCUT2D eigenvalue weighted by atomic mass is 10.2. The minimum Gasteiger partial charge on any atom is -0.322 e. The first kappa shape index (κ1) is 13.6. The molecular formula is C12H17FN2O2. The van der Waals surface area contributed by atoms with Gasteiger partial charge in [-0.15, -0.1) is 0 Å². The predicted octanol–water partition coefficient (Wildman–Crippen LogP) is 1.94. The van der Waals surface area contributed by atoms with E-state index in [1.807, 2.05) is 13.8 Å². The highest BCUT2D eigenvalue weighted by atomic mass is 19.1. The number of halogens is 1. The third kappa shape index (κ3) is 5.42. The first-order valence-electron chi connectivity index (χ1n) is 5.48. The SMILES string of the molecule is CC(C)CONCC(=O)Nc1ccccc1F. The molecule has 0 radical (unpaired) electrons. The summed E-state index contributed by atoms with van der Waals surface area (Å²) in [6.07, 6.45) is 0. The Hall–Kier alpha value is -1.46. The number of anilines is 1. The molecule has 0 aromatic heterocycles. The van der Waals surface area contributed by atoms with Crippen molar-refractivity contribution in [2.75, 3.05) is 18.5 Å². The summed E-state index contributed by atoms with van der Waals surface area (Å²) in [7, 11) is 0. The van der Waals surface area contributed by atoms with Crippen molar-refractivity contribution in [3.63, 3.8) is 0 Å². The molecule has 1 rings (SSSR count). The molecule has 94 valence electrons. The smallest absolute Gasteiger partial charge is 0.240 e. The molecule has 17 heavy (non-hydrogen) atoms. The van der Waals surface area contributed by atoms with Gasteiger partial charge in [-0.05, 0) is 18.1 Å². The standard InChI is InChI=1S/C12H17FN2O2/c1-9(2)8-17-14-7-12(16)15-11-6-4-3-5-10(11)13/h3-6,9,14H,7-8H2,1-2H3,(H,15,16). The fourth-order valence-electron chi connectivity index (χ4n) is 1.10. The zero-order valence-electron chi connectivity index (χ0n) is 10.00. The summed E-state index contributed by atoms with van der Waals surface area (Å²) in [5, 5.41) is 2.44. The van der Waals surface area contributed by atoms with E-state index in [2.05, 4.69) is 10.8 Å². The van der Waals surface area contributed by atoms with Gasteiger partial charge in [-0.3, -0.25) is 4.79 Å². The second kappa shape index (κ2) is 6.98. The highest BCUT2D eigenvalue weighted by molar-refractivity contribution is 5.92. The van der Waals surface area contributed by atoms with Gasteiger partial charge in [0.1, 0.15) is 12.4 Å². The van der Waals surface area contributed by atoms with Gasteiger partial charge < -0.3 is 10.2 Å². The van der Waals surface area contributed by atoms with E-state index < -0.39 is 5.82 Å². The van der Waals surface area contributed by atoms with Crippen LogP contribution in [0.5, 0.6) is 0 Å². The Labute approximate surface area is 100 Å². The lowest BCUT2D eigenvalue weighted by Gasteiger charge is -2.09. The minimum absolute atomic E-state index is 0.0128. The third-order valence-corrected chi connectivity index (χ3v) is 1.90. The van der Waals surface area contributed by atoms with E-state index in [9.17, 15) is 9.18 Å². The summed E-state index contributed by atoms with van der Waals surface area (Å²) in [6, 6.07) is 6.01. The molecule has 0 aliphatic heterocycles. The number of hydrogen-bond acceptors (Lipinski definition) is 3. The van der Waals surface area contributed by atoms with Crippen LogP contribution in [-0.4, -0.2) is 19.1 Å². The van der Waals surface area contributed by atoms with E-state index in [-0.39, 0.29) is 18.1 Å². The fraction of sp³-hybridized carbons (Fsp3) is 0.417. The molecule has 1 aromatic carbocycles. The number of para-hydroxylation sites is 1. The molecule has 2 N–H and O–H groups in total. The van der Waals surface area contributed by atoms with Gasteiger partial charge in [0, 0.05) is 0 Å². The Balaban J connectivity index is 2.28. The number of nitrogens with one attached hydrogen (secondary N) is 2. The van der Waals surface area contributed by atoms with Crippen LogP contribution in [0.15, 0.2) is 24.3 Å². The summed E-state index contributed by atoms with van der Waals surface area (Å²) >= 11 is 0. The van der Waals surface area contributed by atoms with Gasteiger partial charge in [-0.2, -0.15) is 5.48 Å². The molecule has 0 fully saturated rings. The van der Waals surface area contributed by atoms with E-state index in [1.165, 1.54) is 12.1 Å². The zero-order chi connectivity index (χ0) is 12.7. The maximum absolute atomic E-state index is 13.2. The van der Waals surface area contributed by atoms with Gasteiger partial charge in [-0.25, -0.2) is 4.39 Å². The Morgan fingerprint density at radius 2 is 2.12 bits per heavy atom. The van der Waals surface area contributed by atoms with E-state index in [0.29, 0.717) is 12.5 Å². The number of hydroxylamine groups is 1. The lowest BCUT2D eigenvalue weighted by Crippen LogP contribution is -2.29. The molecule has 1 amide bonds. The van der Waals surface area contributed by atoms with Crippen molar-refractivity contribution < 1.29 is 14.0 Å². The first-order valence-corrected chi connectivity index (χ1v) is 5.48. The second-order valence-corrected chi connectivity index (χ2v) is 4.05. The van der Waals surface area contributed by atoms with Crippen LogP contribution >= 0.6 is 0 Å². The molecule has 0 saturated heterocycles. The molecule has 0 aliphatic carbocycles. The zero-order valence-corrected chi connectivity index (χ0v) is 10.00. The quantitative estimate of drug-likeness (QED) is 0.590. The third-order valence-electron chi connectivity index (χ3n) is 1.90. The largest absolute Gasteiger partial charge is 0.322 e. The maximum atomic E-state index is 13.2. The molecule has 0 bridgehead atoms. The van der Waals surface area contributed by atoms with Crippen LogP contribution in [0.2, 0.25) is 0 Å². The van der Waals surface area contributed by atoms with Crippen molar-refractivity contribution in [1.82, 2.24) is 5.48 Å². The van der Waals surface area contributed by atoms with Crippen molar-refractivity contribution in [3.8, 4) is 0 Å². The average molecular weight is 240 g/mol. The average Bonchev–Trinajstić information content (AvgIpc) is 2.27. The molecule has 0 heterocycles. The highest BCUT2D eigenvalue weighted by Gasteiger charge is 2.05. The molecule has 4 nitrogen and oxygen atoms in total. The van der Waals surface area contributed by atoms with Crippen LogP contribution in [0, 0.1) is 11.7 Å². The Morgan fingerprint density at radius 3 is 2.76 bits per heavy atom. The first-order chi connectivity index (χ1) is 8.09. The van der Waals surface area contributed by atoms with Crippen LogP contribution in [0.25, 0.3) is 0 Å². The molecule has 5 heteroatoms. The van der Waals surface area contributed by atoms with Crippen molar-refractivity contribution in [2.45, 2.75) is 13.8 Å². The van der Waals surface area contributed by atoms with Crippen molar-refractivity contribution in [1.29, 1.82) is 0 Å². The summed E-state index contributed by atoms with van der Waals surface area (Å²) in [6.45, 7) is 4.51. The van der Waals surface area contributed by atoms with Crippen molar-refractivity contribution in [2.24, 2.45) is 5.92 Å². The van der Waals surface area contributed by atoms with E-state index in [1.54, 1.807) is 12.1 Å². The predicted molar refractivity (Wildman–Crippen MR) is 63.8 cm³/mol. The Morgan fingerprint density at radius 1 is 1.41 bits per heavy atom. The molecule has 0 unspecified atom stereocenters. The number of amides is 1. The van der Waals surface area contributed by atoms with Crippen molar-refractivity contribution in [3.05, 3.63) is 30.1 Å². The van der Waals surface area contributed by atoms with Gasteiger partial charge in [0.2, 0.25) is 5.91 Å². The van der Waals surface area contributed by atoms with Crippen molar-refractivity contribution >= 4 is 11.6 Å². The number of rotatable bonds is 6. The number of benzene rings is 1. The highest BCUT2D eigenvalue weighted by Crippen LogP contribution is 2.11. The van der Waals surface area contributed by atoms with Gasteiger partial charge in [-0.1, -0.05) is 26.0 Å². The minimum atomic E-state index is -0.455. The molecule has 0 saturated carbocycles. The Kier molecular flexibility index (Phi) is 5.59. The summed E-state index contributed by atoms with van der Waals surface area (Å²) in [5.74, 6) is -0.417. The monoisotopic (exact) mass is 240 g/mol. The van der Waals surface area contributed by atoms with Gasteiger partial charge >= 0.3 is 0 Å². The molecule has 0 atom stereocenters. The number of carbonyl (C=O) groups is 1. The van der Waals surface area contributed by atoms with Crippen LogP contribution in [0.1, 0.15) is 13.8 Å².